The van der Waals surface area contributed by atoms with E-state index in [-0.39, 0.29) is 18.5 Å². The van der Waals surface area contributed by atoms with Crippen molar-refractivity contribution >= 4 is 5.97 Å². The van der Waals surface area contributed by atoms with Crippen LogP contribution in [0.2, 0.25) is 0 Å². The average molecular weight is 308 g/mol. The van der Waals surface area contributed by atoms with Gasteiger partial charge >= 0.3 is 5.97 Å². The van der Waals surface area contributed by atoms with Crippen LogP contribution >= 0.6 is 0 Å². The lowest BCUT2D eigenvalue weighted by Gasteiger charge is -2.44. The van der Waals surface area contributed by atoms with Crippen LogP contribution in [-0.4, -0.2) is 36.7 Å². The van der Waals surface area contributed by atoms with E-state index in [2.05, 4.69) is 4.74 Å². The number of aliphatic hydroxyl groups is 1. The van der Waals surface area contributed by atoms with E-state index in [0.29, 0.717) is 13.0 Å². The van der Waals surface area contributed by atoms with Crippen molar-refractivity contribution < 1.29 is 24.1 Å². The summed E-state index contributed by atoms with van der Waals surface area (Å²) in [6.45, 7) is 4.27. The van der Waals surface area contributed by atoms with Crippen LogP contribution in [0.5, 0.6) is 0 Å². The van der Waals surface area contributed by atoms with Gasteiger partial charge in [0.25, 0.3) is 0 Å². The summed E-state index contributed by atoms with van der Waals surface area (Å²) in [6.07, 6.45) is -0.903. The minimum atomic E-state index is -0.975. The third kappa shape index (κ3) is 4.06. The van der Waals surface area contributed by atoms with Gasteiger partial charge in [0.1, 0.15) is 0 Å². The number of benzene rings is 1. The summed E-state index contributed by atoms with van der Waals surface area (Å²) in [6, 6.07) is 9.87. The van der Waals surface area contributed by atoms with Crippen LogP contribution in [-0.2, 0) is 25.6 Å². The molecule has 0 radical (unpaired) electrons. The second-order valence-corrected chi connectivity index (χ2v) is 6.23. The first-order valence-electron chi connectivity index (χ1n) is 7.49. The fourth-order valence-corrected chi connectivity index (χ4v) is 2.57. The highest BCUT2D eigenvalue weighted by Crippen LogP contribution is 2.38. The quantitative estimate of drug-likeness (QED) is 0.845. The van der Waals surface area contributed by atoms with Gasteiger partial charge < -0.3 is 19.3 Å². The van der Waals surface area contributed by atoms with E-state index in [0.717, 1.165) is 5.56 Å². The van der Waals surface area contributed by atoms with Gasteiger partial charge in [-0.25, -0.2) is 0 Å². The number of ether oxygens (including phenoxy) is 3. The molecule has 1 aromatic rings. The molecule has 0 aromatic heterocycles. The summed E-state index contributed by atoms with van der Waals surface area (Å²) < 4.78 is 16.2. The molecule has 0 unspecified atom stereocenters. The summed E-state index contributed by atoms with van der Waals surface area (Å²) >= 11 is 0. The molecule has 0 spiro atoms. The zero-order valence-corrected chi connectivity index (χ0v) is 13.3. The standard InChI is InChI=1S/C17H24O5/c1-17(2)14(21-11-12-7-5-4-6-8-12)9-13(22-16(17)19)10-15(18)20-3/h4-8,13-14,16,19H,9-11H2,1-3H3/t13-,14-,16-/m0/s1. The summed E-state index contributed by atoms with van der Waals surface area (Å²) in [5, 5.41) is 10.2. The van der Waals surface area contributed by atoms with Gasteiger partial charge in [-0.05, 0) is 5.56 Å². The number of rotatable bonds is 5. The zero-order chi connectivity index (χ0) is 16.2. The highest BCUT2D eigenvalue weighted by Gasteiger charge is 2.45. The number of esters is 1. The molecule has 1 aromatic carbocycles. The maximum Gasteiger partial charge on any atom is 0.308 e. The third-order valence-corrected chi connectivity index (χ3v) is 4.18. The highest BCUT2D eigenvalue weighted by molar-refractivity contribution is 5.69. The minimum absolute atomic E-state index is 0.120. The van der Waals surface area contributed by atoms with Crippen molar-refractivity contribution in [1.82, 2.24) is 0 Å². The van der Waals surface area contributed by atoms with Crippen LogP contribution in [0.1, 0.15) is 32.3 Å². The molecule has 1 N–H and O–H groups in total. The lowest BCUT2D eigenvalue weighted by atomic mass is 9.80. The number of carbonyl (C=O) groups excluding carboxylic acids is 1. The van der Waals surface area contributed by atoms with Crippen molar-refractivity contribution in [2.24, 2.45) is 5.41 Å². The molecule has 0 saturated carbocycles. The Labute approximate surface area is 131 Å². The maximum absolute atomic E-state index is 11.4. The number of carbonyl (C=O) groups is 1. The van der Waals surface area contributed by atoms with Crippen LogP contribution in [0.3, 0.4) is 0 Å². The van der Waals surface area contributed by atoms with Gasteiger partial charge in [-0.15, -0.1) is 0 Å². The van der Waals surface area contributed by atoms with Gasteiger partial charge in [-0.1, -0.05) is 44.2 Å². The fourth-order valence-electron chi connectivity index (χ4n) is 2.57. The van der Waals surface area contributed by atoms with E-state index in [4.69, 9.17) is 9.47 Å². The Balaban J connectivity index is 2.00. The van der Waals surface area contributed by atoms with Crippen molar-refractivity contribution in [3.05, 3.63) is 35.9 Å². The van der Waals surface area contributed by atoms with Gasteiger partial charge in [0, 0.05) is 11.8 Å². The molecule has 22 heavy (non-hydrogen) atoms. The van der Waals surface area contributed by atoms with Crippen molar-refractivity contribution in [2.45, 2.75) is 51.8 Å². The Kier molecular flexibility index (Phi) is 5.56. The lowest BCUT2D eigenvalue weighted by Crippen LogP contribution is -2.51. The van der Waals surface area contributed by atoms with Gasteiger partial charge in [0.05, 0.1) is 32.3 Å². The van der Waals surface area contributed by atoms with Crippen LogP contribution in [0.4, 0.5) is 0 Å². The molecule has 2 rings (SSSR count). The molecule has 1 fully saturated rings. The van der Waals surface area contributed by atoms with Crippen LogP contribution in [0.25, 0.3) is 0 Å². The first-order valence-corrected chi connectivity index (χ1v) is 7.49. The Morgan fingerprint density at radius 1 is 1.36 bits per heavy atom. The average Bonchev–Trinajstić information content (AvgIpc) is 2.50. The first kappa shape index (κ1) is 16.9. The molecular formula is C17H24O5. The van der Waals surface area contributed by atoms with E-state index < -0.39 is 17.8 Å². The van der Waals surface area contributed by atoms with Gasteiger partial charge in [-0.3, -0.25) is 4.79 Å². The molecule has 1 saturated heterocycles. The number of aliphatic hydroxyl groups excluding tert-OH is 1. The third-order valence-electron chi connectivity index (χ3n) is 4.18. The lowest BCUT2D eigenvalue weighted by molar-refractivity contribution is -0.268. The number of methoxy groups -OCH3 is 1. The summed E-state index contributed by atoms with van der Waals surface area (Å²) in [5.74, 6) is -0.348. The van der Waals surface area contributed by atoms with E-state index in [9.17, 15) is 9.90 Å². The molecule has 1 aliphatic heterocycles. The predicted octanol–water partition coefficient (Wildman–Crippen LogP) is 2.27. The SMILES string of the molecule is COC(=O)C[C@@H]1C[C@H](OCc2ccccc2)C(C)(C)[C@@H](O)O1. The summed E-state index contributed by atoms with van der Waals surface area (Å²) in [4.78, 5) is 11.4. The molecule has 5 heteroatoms. The molecule has 1 heterocycles. The van der Waals surface area contributed by atoms with Crippen molar-refractivity contribution in [1.29, 1.82) is 0 Å². The Morgan fingerprint density at radius 3 is 2.68 bits per heavy atom. The van der Waals surface area contributed by atoms with E-state index in [1.165, 1.54) is 7.11 Å². The predicted molar refractivity (Wildman–Crippen MR) is 80.9 cm³/mol. The molecule has 0 aliphatic carbocycles. The largest absolute Gasteiger partial charge is 0.469 e. The van der Waals surface area contributed by atoms with Gasteiger partial charge in [-0.2, -0.15) is 0 Å². The fraction of sp³-hybridized carbons (Fsp3) is 0.588. The van der Waals surface area contributed by atoms with E-state index in [1.807, 2.05) is 44.2 Å². The van der Waals surface area contributed by atoms with E-state index in [1.54, 1.807) is 0 Å². The van der Waals surface area contributed by atoms with Crippen LogP contribution in [0.15, 0.2) is 30.3 Å². The summed E-state index contributed by atoms with van der Waals surface area (Å²) in [5.41, 5.74) is 0.533. The van der Waals surface area contributed by atoms with Crippen LogP contribution < -0.4 is 0 Å². The topological polar surface area (TPSA) is 65.0 Å². The van der Waals surface area contributed by atoms with Gasteiger partial charge in [0.2, 0.25) is 0 Å². The Hall–Kier alpha value is -1.43. The minimum Gasteiger partial charge on any atom is -0.469 e. The second-order valence-electron chi connectivity index (χ2n) is 6.23. The summed E-state index contributed by atoms with van der Waals surface area (Å²) in [7, 11) is 1.34. The molecule has 122 valence electrons. The second kappa shape index (κ2) is 7.22. The molecule has 0 amide bonds. The molecule has 5 nitrogen and oxygen atoms in total. The number of hydrogen-bond donors (Lipinski definition) is 1. The molecule has 0 bridgehead atoms. The Bertz CT molecular complexity index is 485. The maximum atomic E-state index is 11.4. The first-order chi connectivity index (χ1) is 10.4. The smallest absolute Gasteiger partial charge is 0.308 e. The normalized spacial score (nSPS) is 27.4. The highest BCUT2D eigenvalue weighted by atomic mass is 16.6. The van der Waals surface area contributed by atoms with Crippen molar-refractivity contribution in [3.8, 4) is 0 Å². The van der Waals surface area contributed by atoms with Crippen molar-refractivity contribution in [2.75, 3.05) is 7.11 Å². The number of hydrogen-bond acceptors (Lipinski definition) is 5. The Morgan fingerprint density at radius 2 is 2.05 bits per heavy atom. The molecular weight excluding hydrogens is 284 g/mol. The molecule has 1 aliphatic rings. The molecule has 3 atom stereocenters. The monoisotopic (exact) mass is 308 g/mol. The zero-order valence-electron chi connectivity index (χ0n) is 13.3. The van der Waals surface area contributed by atoms with Crippen molar-refractivity contribution in [3.63, 3.8) is 0 Å². The van der Waals surface area contributed by atoms with Gasteiger partial charge in [0.15, 0.2) is 6.29 Å². The van der Waals surface area contributed by atoms with E-state index >= 15 is 0 Å². The van der Waals surface area contributed by atoms with Crippen LogP contribution in [0, 0.1) is 5.41 Å².